The van der Waals surface area contributed by atoms with Crippen LogP contribution in [0.25, 0.3) is 22.7 Å². The third-order valence-electron chi connectivity index (χ3n) is 3.63. The molecule has 0 aliphatic rings. The molecule has 1 aromatic carbocycles. The summed E-state index contributed by atoms with van der Waals surface area (Å²) in [5.41, 5.74) is 1.59. The van der Waals surface area contributed by atoms with Crippen molar-refractivity contribution in [1.82, 2.24) is 20.2 Å². The van der Waals surface area contributed by atoms with Crippen LogP contribution in [0.2, 0.25) is 0 Å². The van der Waals surface area contributed by atoms with Gasteiger partial charge in [-0.1, -0.05) is 11.8 Å². The van der Waals surface area contributed by atoms with E-state index in [2.05, 4.69) is 25.5 Å². The van der Waals surface area contributed by atoms with Crippen molar-refractivity contribution in [1.29, 1.82) is 0 Å². The largest absolute Gasteiger partial charge is 0.411 e. The van der Waals surface area contributed by atoms with Crippen molar-refractivity contribution in [3.05, 3.63) is 59.7 Å². The summed E-state index contributed by atoms with van der Waals surface area (Å²) in [6.45, 7) is 0. The summed E-state index contributed by atoms with van der Waals surface area (Å²) in [6.07, 6.45) is 3.23. The minimum atomic E-state index is -0.955. The van der Waals surface area contributed by atoms with E-state index in [0.29, 0.717) is 22.3 Å². The summed E-state index contributed by atoms with van der Waals surface area (Å²) in [6, 6.07) is 6.99. The Bertz CT molecular complexity index is 1150. The number of thioether (sulfide) groups is 1. The van der Waals surface area contributed by atoms with Gasteiger partial charge in [0.25, 0.3) is 5.22 Å². The van der Waals surface area contributed by atoms with Gasteiger partial charge in [0.15, 0.2) is 16.8 Å². The molecule has 0 atom stereocenters. The molecule has 3 heterocycles. The number of carbonyl (C=O) groups excluding carboxylic acids is 1. The van der Waals surface area contributed by atoms with E-state index in [0.717, 1.165) is 29.5 Å². The maximum atomic E-state index is 13.4. The lowest BCUT2D eigenvalue weighted by Gasteiger charge is -2.00. The zero-order chi connectivity index (χ0) is 20.2. The molecule has 0 saturated heterocycles. The molecular formula is C18H11F2N5O2S2. The molecule has 0 bridgehead atoms. The first-order valence-corrected chi connectivity index (χ1v) is 10.0. The number of carbonyl (C=O) groups is 1. The van der Waals surface area contributed by atoms with E-state index in [-0.39, 0.29) is 16.9 Å². The highest BCUT2D eigenvalue weighted by Crippen LogP contribution is 2.27. The first-order valence-electron chi connectivity index (χ1n) is 8.16. The molecule has 4 aromatic rings. The van der Waals surface area contributed by atoms with E-state index < -0.39 is 11.6 Å². The molecule has 11 heteroatoms. The van der Waals surface area contributed by atoms with Crippen LogP contribution < -0.4 is 5.32 Å². The maximum Gasteiger partial charge on any atom is 0.277 e. The van der Waals surface area contributed by atoms with Crippen LogP contribution in [0, 0.1) is 11.6 Å². The zero-order valence-electron chi connectivity index (χ0n) is 14.5. The molecule has 4 rings (SSSR count). The second kappa shape index (κ2) is 8.45. The number of nitrogens with zero attached hydrogens (tertiary/aromatic N) is 4. The molecule has 0 unspecified atom stereocenters. The van der Waals surface area contributed by atoms with Crippen molar-refractivity contribution in [3.63, 3.8) is 0 Å². The number of aromatic nitrogens is 4. The van der Waals surface area contributed by atoms with Crippen LogP contribution in [0.1, 0.15) is 0 Å². The van der Waals surface area contributed by atoms with Gasteiger partial charge >= 0.3 is 0 Å². The second-order valence-electron chi connectivity index (χ2n) is 5.61. The van der Waals surface area contributed by atoms with E-state index in [4.69, 9.17) is 4.42 Å². The van der Waals surface area contributed by atoms with Crippen molar-refractivity contribution < 1.29 is 18.0 Å². The normalized spacial score (nSPS) is 10.8. The van der Waals surface area contributed by atoms with Gasteiger partial charge in [-0.25, -0.2) is 13.8 Å². The smallest absolute Gasteiger partial charge is 0.277 e. The molecule has 0 fully saturated rings. The molecule has 1 amide bonds. The fourth-order valence-electron chi connectivity index (χ4n) is 2.28. The van der Waals surface area contributed by atoms with Crippen LogP contribution in [0.3, 0.4) is 0 Å². The van der Waals surface area contributed by atoms with Gasteiger partial charge in [0, 0.05) is 28.9 Å². The summed E-state index contributed by atoms with van der Waals surface area (Å²) >= 11 is 2.27. The van der Waals surface area contributed by atoms with Crippen molar-refractivity contribution in [2.24, 2.45) is 0 Å². The van der Waals surface area contributed by atoms with Gasteiger partial charge in [0.2, 0.25) is 11.8 Å². The molecule has 0 aliphatic carbocycles. The Balaban J connectivity index is 1.34. The van der Waals surface area contributed by atoms with Gasteiger partial charge < -0.3 is 9.73 Å². The molecule has 146 valence electrons. The zero-order valence-corrected chi connectivity index (χ0v) is 16.1. The monoisotopic (exact) mass is 431 g/mol. The predicted molar refractivity (Wildman–Crippen MR) is 104 cm³/mol. The average molecular weight is 431 g/mol. The molecule has 1 N–H and O–H groups in total. The SMILES string of the molecule is O=C(CSc1nnc(-c2ccncc2)o1)Nc1nc(-c2ccc(F)c(F)c2)cs1. The number of nitrogens with one attached hydrogen (secondary N) is 1. The highest BCUT2D eigenvalue weighted by Gasteiger charge is 2.13. The number of halogens is 2. The van der Waals surface area contributed by atoms with Crippen LogP contribution in [0.4, 0.5) is 13.9 Å². The Kier molecular flexibility index (Phi) is 5.58. The van der Waals surface area contributed by atoms with Crippen molar-refractivity contribution in [3.8, 4) is 22.7 Å². The number of pyridine rings is 1. The van der Waals surface area contributed by atoms with Crippen LogP contribution in [0.15, 0.2) is 57.7 Å². The number of anilines is 1. The summed E-state index contributed by atoms with van der Waals surface area (Å²) in [7, 11) is 0. The molecule has 0 spiro atoms. The molecule has 0 radical (unpaired) electrons. The van der Waals surface area contributed by atoms with Crippen molar-refractivity contribution >= 4 is 34.1 Å². The first-order chi connectivity index (χ1) is 14.1. The summed E-state index contributed by atoms with van der Waals surface area (Å²) in [5.74, 6) is -1.82. The van der Waals surface area contributed by atoms with Gasteiger partial charge in [0.05, 0.1) is 11.4 Å². The third-order valence-corrected chi connectivity index (χ3v) is 5.20. The lowest BCUT2D eigenvalue weighted by atomic mass is 10.2. The maximum absolute atomic E-state index is 13.4. The fourth-order valence-corrected chi connectivity index (χ4v) is 3.58. The van der Waals surface area contributed by atoms with Crippen LogP contribution in [-0.2, 0) is 4.79 Å². The predicted octanol–water partition coefficient (Wildman–Crippen LogP) is 4.26. The second-order valence-corrected chi connectivity index (χ2v) is 7.40. The van der Waals surface area contributed by atoms with E-state index >= 15 is 0 Å². The molecule has 3 aromatic heterocycles. The first kappa shape index (κ1) is 19.2. The number of hydrogen-bond donors (Lipinski definition) is 1. The lowest BCUT2D eigenvalue weighted by molar-refractivity contribution is -0.113. The highest BCUT2D eigenvalue weighted by molar-refractivity contribution is 7.99. The molecule has 29 heavy (non-hydrogen) atoms. The summed E-state index contributed by atoms with van der Waals surface area (Å²) < 4.78 is 31.9. The fraction of sp³-hybridized carbons (Fsp3) is 0.0556. The lowest BCUT2D eigenvalue weighted by Crippen LogP contribution is -2.13. The summed E-state index contributed by atoms with van der Waals surface area (Å²) in [5, 5.41) is 12.7. The van der Waals surface area contributed by atoms with Crippen molar-refractivity contribution in [2.75, 3.05) is 11.1 Å². The van der Waals surface area contributed by atoms with E-state index in [9.17, 15) is 13.6 Å². The van der Waals surface area contributed by atoms with Gasteiger partial charge in [-0.2, -0.15) is 0 Å². The number of benzene rings is 1. The minimum Gasteiger partial charge on any atom is -0.411 e. The molecule has 7 nitrogen and oxygen atoms in total. The van der Waals surface area contributed by atoms with Crippen LogP contribution >= 0.6 is 23.1 Å². The highest BCUT2D eigenvalue weighted by atomic mass is 32.2. The van der Waals surface area contributed by atoms with Gasteiger partial charge in [-0.05, 0) is 30.3 Å². The molecular weight excluding hydrogens is 420 g/mol. The van der Waals surface area contributed by atoms with Gasteiger partial charge in [-0.3, -0.25) is 9.78 Å². The average Bonchev–Trinajstić information content (AvgIpc) is 3.39. The number of thiazole rings is 1. The Labute approximate surface area is 171 Å². The topological polar surface area (TPSA) is 93.8 Å². The Morgan fingerprint density at radius 3 is 2.72 bits per heavy atom. The Morgan fingerprint density at radius 2 is 1.93 bits per heavy atom. The Hall–Kier alpha value is -3.18. The van der Waals surface area contributed by atoms with Gasteiger partial charge in [0.1, 0.15) is 0 Å². The number of rotatable bonds is 6. The molecule has 0 aliphatic heterocycles. The van der Waals surface area contributed by atoms with Crippen LogP contribution in [0.5, 0.6) is 0 Å². The quantitative estimate of drug-likeness (QED) is 0.456. The minimum absolute atomic E-state index is 0.0398. The van der Waals surface area contributed by atoms with Crippen molar-refractivity contribution in [2.45, 2.75) is 5.22 Å². The number of hydrogen-bond acceptors (Lipinski definition) is 8. The summed E-state index contributed by atoms with van der Waals surface area (Å²) in [4.78, 5) is 20.3. The third kappa shape index (κ3) is 4.63. The Morgan fingerprint density at radius 1 is 1.10 bits per heavy atom. The van der Waals surface area contributed by atoms with E-state index in [1.807, 2.05) is 0 Å². The van der Waals surface area contributed by atoms with E-state index in [1.165, 1.54) is 17.4 Å². The number of amides is 1. The standard InChI is InChI=1S/C18H11F2N5O2S2/c19-12-2-1-11(7-13(12)20)14-8-28-17(22-14)23-15(26)9-29-18-25-24-16(27-18)10-3-5-21-6-4-10/h1-8H,9H2,(H,22,23,26). The molecule has 0 saturated carbocycles. The van der Waals surface area contributed by atoms with E-state index in [1.54, 1.807) is 29.9 Å². The van der Waals surface area contributed by atoms with Crippen LogP contribution in [-0.4, -0.2) is 31.8 Å². The van der Waals surface area contributed by atoms with Gasteiger partial charge in [-0.15, -0.1) is 21.5 Å².